The Balaban J connectivity index is 1.46. The number of halogens is 2. The summed E-state index contributed by atoms with van der Waals surface area (Å²) in [6.07, 6.45) is 0.256. The van der Waals surface area contributed by atoms with E-state index >= 15 is 0 Å². The highest BCUT2D eigenvalue weighted by Crippen LogP contribution is 2.39. The second-order valence-electron chi connectivity index (χ2n) is 11.7. The van der Waals surface area contributed by atoms with E-state index in [1.165, 1.54) is 12.1 Å². The first-order chi connectivity index (χ1) is 18.4. The monoisotopic (exact) mass is 537 g/mol. The van der Waals surface area contributed by atoms with E-state index in [4.69, 9.17) is 5.73 Å². The number of benzene rings is 2. The zero-order valence-corrected chi connectivity index (χ0v) is 23.0. The molecule has 2 amide bonds. The van der Waals surface area contributed by atoms with Gasteiger partial charge in [-0.25, -0.2) is 8.78 Å². The van der Waals surface area contributed by atoms with Crippen LogP contribution in [0.4, 0.5) is 8.78 Å². The van der Waals surface area contributed by atoms with Crippen molar-refractivity contribution in [1.29, 1.82) is 5.26 Å². The zero-order chi connectivity index (χ0) is 28.5. The number of amides is 2. The van der Waals surface area contributed by atoms with E-state index in [2.05, 4.69) is 31.7 Å². The van der Waals surface area contributed by atoms with Crippen molar-refractivity contribution in [2.24, 2.45) is 11.7 Å². The highest BCUT2D eigenvalue weighted by molar-refractivity contribution is 5.84. The fourth-order valence-electron chi connectivity index (χ4n) is 5.78. The first-order valence-corrected chi connectivity index (χ1v) is 13.4. The van der Waals surface area contributed by atoms with Gasteiger partial charge in [0.2, 0.25) is 11.8 Å². The Kier molecular flexibility index (Phi) is 8.38. The summed E-state index contributed by atoms with van der Waals surface area (Å²) in [6, 6.07) is 11.7. The molecule has 2 aliphatic rings. The van der Waals surface area contributed by atoms with Crippen molar-refractivity contribution < 1.29 is 18.4 Å². The average Bonchev–Trinajstić information content (AvgIpc) is 3.34. The highest BCUT2D eigenvalue weighted by atomic mass is 19.1. The van der Waals surface area contributed by atoms with Crippen molar-refractivity contribution in [2.45, 2.75) is 57.7 Å². The third-order valence-electron chi connectivity index (χ3n) is 8.06. The Morgan fingerprint density at radius 2 is 1.82 bits per heavy atom. The maximum Gasteiger partial charge on any atom is 0.239 e. The maximum absolute atomic E-state index is 14.8. The van der Waals surface area contributed by atoms with Gasteiger partial charge < -0.3 is 15.5 Å². The lowest BCUT2D eigenvalue weighted by Crippen LogP contribution is -2.59. The topological polar surface area (TPSA) is 93.7 Å². The first kappa shape index (κ1) is 28.7. The maximum atomic E-state index is 14.8. The molecular formula is C30H37F2N5O2. The minimum Gasteiger partial charge on any atom is -0.338 e. The zero-order valence-electron chi connectivity index (χ0n) is 23.0. The van der Waals surface area contributed by atoms with Gasteiger partial charge in [-0.2, -0.15) is 5.26 Å². The summed E-state index contributed by atoms with van der Waals surface area (Å²) >= 11 is 0. The number of carbonyl (C=O) groups is 2. The minimum atomic E-state index is -0.796. The normalized spacial score (nSPS) is 23.0. The fourth-order valence-corrected chi connectivity index (χ4v) is 5.78. The summed E-state index contributed by atoms with van der Waals surface area (Å²) < 4.78 is 28.5. The number of piperazine rings is 1. The fraction of sp³-hybridized carbons (Fsp3) is 0.500. The van der Waals surface area contributed by atoms with Crippen LogP contribution in [-0.4, -0.2) is 76.9 Å². The first-order valence-electron chi connectivity index (χ1n) is 13.4. The van der Waals surface area contributed by atoms with E-state index < -0.39 is 29.5 Å². The molecular weight excluding hydrogens is 500 g/mol. The Morgan fingerprint density at radius 1 is 1.10 bits per heavy atom. The Labute approximate surface area is 229 Å². The summed E-state index contributed by atoms with van der Waals surface area (Å²) in [7, 11) is 0. The standard InChI is InChI=1S/C30H37F2N5O2/c1-19-16-35(29(39)27(34)13-20-7-5-6-8-21(20)15-33)11-12-37(19)28(38)25-18-36(30(2,3)4)17-24(25)23-10-9-22(31)14-26(23)32/h5-10,14,19,24-25,27H,11-13,16-18,34H2,1-4H3/t19-,24-,25+,27-/m0/s1. The van der Waals surface area contributed by atoms with Crippen LogP contribution in [0, 0.1) is 28.9 Å². The molecule has 0 saturated carbocycles. The third kappa shape index (κ3) is 6.13. The SMILES string of the molecule is C[C@H]1CN(C(=O)[C@@H](N)Cc2ccccc2C#N)CCN1C(=O)[C@@H]1CN(C(C)(C)C)C[C@H]1c1ccc(F)cc1F. The number of nitrogens with two attached hydrogens (primary N) is 1. The third-order valence-corrected chi connectivity index (χ3v) is 8.06. The molecule has 0 aromatic heterocycles. The van der Waals surface area contributed by atoms with Crippen LogP contribution in [0.1, 0.15) is 50.3 Å². The van der Waals surface area contributed by atoms with E-state index in [0.717, 1.165) is 11.6 Å². The molecule has 2 saturated heterocycles. The van der Waals surface area contributed by atoms with Crippen LogP contribution >= 0.6 is 0 Å². The van der Waals surface area contributed by atoms with Gasteiger partial charge in [-0.05, 0) is 57.4 Å². The lowest BCUT2D eigenvalue weighted by atomic mass is 9.87. The van der Waals surface area contributed by atoms with Gasteiger partial charge in [-0.15, -0.1) is 0 Å². The van der Waals surface area contributed by atoms with E-state index in [1.54, 1.807) is 28.0 Å². The smallest absolute Gasteiger partial charge is 0.239 e. The summed E-state index contributed by atoms with van der Waals surface area (Å²) in [5.41, 5.74) is 7.62. The van der Waals surface area contributed by atoms with Crippen LogP contribution < -0.4 is 5.73 Å². The highest BCUT2D eigenvalue weighted by Gasteiger charge is 2.45. The van der Waals surface area contributed by atoms with Gasteiger partial charge in [-0.1, -0.05) is 24.3 Å². The van der Waals surface area contributed by atoms with Gasteiger partial charge in [0, 0.05) is 56.3 Å². The molecule has 2 fully saturated rings. The molecule has 2 heterocycles. The quantitative estimate of drug-likeness (QED) is 0.632. The number of hydrogen-bond acceptors (Lipinski definition) is 5. The van der Waals surface area contributed by atoms with Crippen LogP contribution in [0.25, 0.3) is 0 Å². The molecule has 0 unspecified atom stereocenters. The second-order valence-corrected chi connectivity index (χ2v) is 11.7. The van der Waals surface area contributed by atoms with Crippen LogP contribution in [0.15, 0.2) is 42.5 Å². The second kappa shape index (κ2) is 11.4. The number of nitrogens with zero attached hydrogens (tertiary/aromatic N) is 4. The van der Waals surface area contributed by atoms with Crippen LogP contribution in [0.2, 0.25) is 0 Å². The Hall–Kier alpha value is -3.35. The number of carbonyl (C=O) groups excluding carboxylic acids is 2. The lowest BCUT2D eigenvalue weighted by Gasteiger charge is -2.42. The predicted molar refractivity (Wildman–Crippen MR) is 145 cm³/mol. The van der Waals surface area contributed by atoms with Gasteiger partial charge in [0.15, 0.2) is 0 Å². The summed E-state index contributed by atoms with van der Waals surface area (Å²) in [6.45, 7) is 10.1. The minimum absolute atomic E-state index is 0.0812. The van der Waals surface area contributed by atoms with Crippen molar-refractivity contribution in [1.82, 2.24) is 14.7 Å². The van der Waals surface area contributed by atoms with E-state index in [9.17, 15) is 23.6 Å². The van der Waals surface area contributed by atoms with Gasteiger partial charge >= 0.3 is 0 Å². The molecule has 0 radical (unpaired) electrons. The van der Waals surface area contributed by atoms with Crippen LogP contribution in [-0.2, 0) is 16.0 Å². The number of likely N-dealkylation sites (tertiary alicyclic amines) is 1. The van der Waals surface area contributed by atoms with Crippen molar-refractivity contribution in [2.75, 3.05) is 32.7 Å². The molecule has 39 heavy (non-hydrogen) atoms. The summed E-state index contributed by atoms with van der Waals surface area (Å²) in [5, 5.41) is 9.34. The van der Waals surface area contributed by atoms with Gasteiger partial charge in [0.1, 0.15) is 11.6 Å². The molecule has 2 aromatic carbocycles. The lowest BCUT2D eigenvalue weighted by molar-refractivity contribution is -0.145. The number of rotatable bonds is 5. The Bertz CT molecular complexity index is 1270. The molecule has 4 atom stereocenters. The molecule has 208 valence electrons. The molecule has 2 aromatic rings. The Morgan fingerprint density at radius 3 is 2.46 bits per heavy atom. The van der Waals surface area contributed by atoms with E-state index in [-0.39, 0.29) is 29.8 Å². The molecule has 0 aliphatic carbocycles. The number of nitriles is 1. The molecule has 2 N–H and O–H groups in total. The van der Waals surface area contributed by atoms with Crippen LogP contribution in [0.3, 0.4) is 0 Å². The molecule has 2 aliphatic heterocycles. The summed E-state index contributed by atoms with van der Waals surface area (Å²) in [4.78, 5) is 32.7. The molecule has 0 bridgehead atoms. The molecule has 4 rings (SSSR count). The van der Waals surface area contributed by atoms with Crippen molar-refractivity contribution in [3.8, 4) is 6.07 Å². The van der Waals surface area contributed by atoms with Gasteiger partial charge in [0.05, 0.1) is 23.6 Å². The van der Waals surface area contributed by atoms with Crippen molar-refractivity contribution in [3.63, 3.8) is 0 Å². The average molecular weight is 538 g/mol. The number of hydrogen-bond donors (Lipinski definition) is 1. The van der Waals surface area contributed by atoms with Crippen molar-refractivity contribution in [3.05, 3.63) is 70.8 Å². The molecule has 0 spiro atoms. The largest absolute Gasteiger partial charge is 0.338 e. The van der Waals surface area contributed by atoms with Gasteiger partial charge in [-0.3, -0.25) is 14.5 Å². The summed E-state index contributed by atoms with van der Waals surface area (Å²) in [5.74, 6) is -2.47. The van der Waals surface area contributed by atoms with E-state index in [0.29, 0.717) is 43.9 Å². The van der Waals surface area contributed by atoms with E-state index in [1.807, 2.05) is 13.0 Å². The molecule has 9 heteroatoms. The predicted octanol–water partition coefficient (Wildman–Crippen LogP) is 3.28. The van der Waals surface area contributed by atoms with Crippen LogP contribution in [0.5, 0.6) is 0 Å². The molecule has 7 nitrogen and oxygen atoms in total. The van der Waals surface area contributed by atoms with Crippen molar-refractivity contribution >= 4 is 11.8 Å². The van der Waals surface area contributed by atoms with Gasteiger partial charge in [0.25, 0.3) is 0 Å².